The number of nitrogens with zero attached hydrogens (tertiary/aromatic N) is 1. The van der Waals surface area contributed by atoms with E-state index in [2.05, 4.69) is 31.4 Å². The number of H-pyrrole nitrogens is 1. The van der Waals surface area contributed by atoms with Gasteiger partial charge in [-0.05, 0) is 52.5 Å². The van der Waals surface area contributed by atoms with Gasteiger partial charge in [0.2, 0.25) is 0 Å². The topological polar surface area (TPSA) is 67.0 Å². The van der Waals surface area contributed by atoms with E-state index in [-0.39, 0.29) is 17.6 Å². The van der Waals surface area contributed by atoms with Crippen molar-refractivity contribution in [3.05, 3.63) is 45.9 Å². The lowest BCUT2D eigenvalue weighted by Crippen LogP contribution is -2.26. The molecule has 0 fully saturated rings. The molecule has 1 aromatic heterocycles. The number of hydrogen-bond donors (Lipinski definition) is 2. The lowest BCUT2D eigenvalue weighted by Gasteiger charge is -2.07. The van der Waals surface area contributed by atoms with Crippen molar-refractivity contribution in [3.8, 4) is 5.75 Å². The predicted octanol–water partition coefficient (Wildman–Crippen LogP) is 3.63. The molecule has 124 valence electrons. The number of rotatable bonds is 7. The molecule has 7 heteroatoms. The first-order valence-electron chi connectivity index (χ1n) is 7.39. The van der Waals surface area contributed by atoms with Crippen LogP contribution in [0.3, 0.4) is 0 Å². The van der Waals surface area contributed by atoms with Crippen LogP contribution in [0.1, 0.15) is 42.4 Å². The second-order valence-electron chi connectivity index (χ2n) is 5.37. The zero-order chi connectivity index (χ0) is 16.8. The maximum atomic E-state index is 12.7. The van der Waals surface area contributed by atoms with Gasteiger partial charge >= 0.3 is 0 Å². The minimum absolute atomic E-state index is 0.234. The Hall–Kier alpha value is -1.89. The molecular weight excluding hydrogens is 365 g/mol. The molecule has 23 heavy (non-hydrogen) atoms. The van der Waals surface area contributed by atoms with Gasteiger partial charge < -0.3 is 10.1 Å². The first-order valence-corrected chi connectivity index (χ1v) is 8.18. The molecule has 1 heterocycles. The SMILES string of the molecule is CC(C)c1[nH]nc(C(=O)NCCCOc2ccc(F)cc2)c1Br. The maximum absolute atomic E-state index is 12.7. The number of carbonyl (C=O) groups is 1. The fourth-order valence-corrected chi connectivity index (χ4v) is 2.77. The first kappa shape index (κ1) is 17.5. The second-order valence-corrected chi connectivity index (χ2v) is 6.16. The average Bonchev–Trinajstić information content (AvgIpc) is 2.90. The van der Waals surface area contributed by atoms with Crippen molar-refractivity contribution < 1.29 is 13.9 Å². The summed E-state index contributed by atoms with van der Waals surface area (Å²) in [6.07, 6.45) is 0.641. The molecule has 0 aliphatic rings. The molecule has 5 nitrogen and oxygen atoms in total. The van der Waals surface area contributed by atoms with Gasteiger partial charge in [-0.3, -0.25) is 9.89 Å². The molecule has 1 aromatic carbocycles. The summed E-state index contributed by atoms with van der Waals surface area (Å²) in [4.78, 5) is 12.1. The fourth-order valence-electron chi connectivity index (χ4n) is 1.95. The van der Waals surface area contributed by atoms with Gasteiger partial charge in [0, 0.05) is 6.54 Å². The molecule has 0 radical (unpaired) electrons. The average molecular weight is 384 g/mol. The van der Waals surface area contributed by atoms with E-state index in [1.165, 1.54) is 12.1 Å². The van der Waals surface area contributed by atoms with Crippen LogP contribution in [-0.2, 0) is 0 Å². The summed E-state index contributed by atoms with van der Waals surface area (Å²) in [7, 11) is 0. The van der Waals surface area contributed by atoms with Crippen molar-refractivity contribution in [1.82, 2.24) is 15.5 Å². The predicted molar refractivity (Wildman–Crippen MR) is 89.2 cm³/mol. The van der Waals surface area contributed by atoms with Crippen LogP contribution in [0.15, 0.2) is 28.7 Å². The van der Waals surface area contributed by atoms with Crippen LogP contribution < -0.4 is 10.1 Å². The smallest absolute Gasteiger partial charge is 0.272 e. The Morgan fingerprint density at radius 2 is 2.09 bits per heavy atom. The van der Waals surface area contributed by atoms with Gasteiger partial charge in [0.05, 0.1) is 16.8 Å². The minimum atomic E-state index is -0.296. The van der Waals surface area contributed by atoms with Gasteiger partial charge in [-0.2, -0.15) is 5.10 Å². The minimum Gasteiger partial charge on any atom is -0.494 e. The molecule has 1 amide bonds. The van der Waals surface area contributed by atoms with Crippen LogP contribution >= 0.6 is 15.9 Å². The van der Waals surface area contributed by atoms with E-state index in [9.17, 15) is 9.18 Å². The number of aromatic nitrogens is 2. The normalized spacial score (nSPS) is 10.8. The van der Waals surface area contributed by atoms with E-state index in [4.69, 9.17) is 4.74 Å². The van der Waals surface area contributed by atoms with Crippen molar-refractivity contribution in [2.45, 2.75) is 26.2 Å². The van der Waals surface area contributed by atoms with Crippen LogP contribution in [0, 0.1) is 5.82 Å². The third-order valence-electron chi connectivity index (χ3n) is 3.21. The van der Waals surface area contributed by atoms with Crippen LogP contribution in [-0.4, -0.2) is 29.3 Å². The summed E-state index contributed by atoms with van der Waals surface area (Å²) >= 11 is 3.40. The van der Waals surface area contributed by atoms with Gasteiger partial charge in [-0.25, -0.2) is 4.39 Å². The van der Waals surface area contributed by atoms with E-state index in [0.29, 0.717) is 35.5 Å². The molecule has 2 N–H and O–H groups in total. The number of aromatic amines is 1. The summed E-state index contributed by atoms with van der Waals surface area (Å²) in [6.45, 7) is 4.95. The number of amides is 1. The van der Waals surface area contributed by atoms with Gasteiger partial charge in [0.25, 0.3) is 5.91 Å². The van der Waals surface area contributed by atoms with Crippen LogP contribution in [0.4, 0.5) is 4.39 Å². The molecular formula is C16H19BrFN3O2. The summed E-state index contributed by atoms with van der Waals surface area (Å²) in [6, 6.07) is 5.83. The number of hydrogen-bond acceptors (Lipinski definition) is 3. The van der Waals surface area contributed by atoms with E-state index < -0.39 is 0 Å². The first-order chi connectivity index (χ1) is 11.0. The highest BCUT2D eigenvalue weighted by Crippen LogP contribution is 2.25. The van der Waals surface area contributed by atoms with E-state index in [1.54, 1.807) is 12.1 Å². The summed E-state index contributed by atoms with van der Waals surface area (Å²) < 4.78 is 18.9. The van der Waals surface area contributed by atoms with Crippen LogP contribution in [0.5, 0.6) is 5.75 Å². The summed E-state index contributed by atoms with van der Waals surface area (Å²) in [5.41, 5.74) is 1.25. The number of nitrogens with one attached hydrogen (secondary N) is 2. The zero-order valence-electron chi connectivity index (χ0n) is 13.0. The highest BCUT2D eigenvalue weighted by molar-refractivity contribution is 9.10. The molecule has 0 spiro atoms. The number of benzene rings is 1. The Balaban J connectivity index is 1.74. The zero-order valence-corrected chi connectivity index (χ0v) is 14.6. The monoisotopic (exact) mass is 383 g/mol. The Kier molecular flexibility index (Phi) is 6.15. The number of carbonyl (C=O) groups excluding carboxylic acids is 1. The fraction of sp³-hybridized carbons (Fsp3) is 0.375. The molecule has 0 unspecified atom stereocenters. The van der Waals surface area contributed by atoms with Gasteiger partial charge in [0.15, 0.2) is 5.69 Å². The van der Waals surface area contributed by atoms with Crippen molar-refractivity contribution in [2.24, 2.45) is 0 Å². The third kappa shape index (κ3) is 4.79. The quantitative estimate of drug-likeness (QED) is 0.717. The molecule has 0 saturated carbocycles. The third-order valence-corrected chi connectivity index (χ3v) is 4.02. The summed E-state index contributed by atoms with van der Waals surface area (Å²) in [5.74, 6) is 0.327. The molecule has 0 bridgehead atoms. The van der Waals surface area contributed by atoms with Crippen molar-refractivity contribution in [3.63, 3.8) is 0 Å². The second kappa shape index (κ2) is 8.10. The van der Waals surface area contributed by atoms with Crippen molar-refractivity contribution >= 4 is 21.8 Å². The maximum Gasteiger partial charge on any atom is 0.272 e. The van der Waals surface area contributed by atoms with Gasteiger partial charge in [0.1, 0.15) is 11.6 Å². The van der Waals surface area contributed by atoms with Crippen molar-refractivity contribution in [2.75, 3.05) is 13.2 Å². The van der Waals surface area contributed by atoms with Gasteiger partial charge in [-0.1, -0.05) is 13.8 Å². The molecule has 2 aromatic rings. The molecule has 0 aliphatic heterocycles. The number of halogens is 2. The Morgan fingerprint density at radius 3 is 2.70 bits per heavy atom. The largest absolute Gasteiger partial charge is 0.494 e. The number of ether oxygens (including phenoxy) is 1. The molecule has 0 saturated heterocycles. The molecule has 2 rings (SSSR count). The van der Waals surface area contributed by atoms with Crippen LogP contribution in [0.2, 0.25) is 0 Å². The van der Waals surface area contributed by atoms with Crippen LogP contribution in [0.25, 0.3) is 0 Å². The molecule has 0 aliphatic carbocycles. The van der Waals surface area contributed by atoms with Gasteiger partial charge in [-0.15, -0.1) is 0 Å². The van der Waals surface area contributed by atoms with Crippen molar-refractivity contribution in [1.29, 1.82) is 0 Å². The van der Waals surface area contributed by atoms with E-state index >= 15 is 0 Å². The van der Waals surface area contributed by atoms with E-state index in [0.717, 1.165) is 5.69 Å². The summed E-state index contributed by atoms with van der Waals surface area (Å²) in [5, 5.41) is 9.71. The Morgan fingerprint density at radius 1 is 1.39 bits per heavy atom. The highest BCUT2D eigenvalue weighted by atomic mass is 79.9. The lowest BCUT2D eigenvalue weighted by molar-refractivity contribution is 0.0945. The molecule has 0 atom stereocenters. The Bertz CT molecular complexity index is 656. The Labute approximate surface area is 142 Å². The standard InChI is InChI=1S/C16H19BrFN3O2/c1-10(2)14-13(17)15(21-20-14)16(22)19-8-3-9-23-12-6-4-11(18)5-7-12/h4-7,10H,3,8-9H2,1-2H3,(H,19,22)(H,20,21). The van der Waals surface area contributed by atoms with E-state index in [1.807, 2.05) is 13.8 Å². The highest BCUT2D eigenvalue weighted by Gasteiger charge is 2.18. The lowest BCUT2D eigenvalue weighted by atomic mass is 10.1.